The first-order valence-electron chi connectivity index (χ1n) is 8.15. The second-order valence-electron chi connectivity index (χ2n) is 6.06. The summed E-state index contributed by atoms with van der Waals surface area (Å²) in [7, 11) is 1.80. The molecular formula is C16H22N8. The SMILES string of the molecule is Cn1ncc(-c2ccnc(N[C@H]3CC[C@H](NCC#N)CC3)n2)c1N. The van der Waals surface area contributed by atoms with E-state index < -0.39 is 0 Å². The topological polar surface area (TPSA) is 117 Å². The first-order valence-corrected chi connectivity index (χ1v) is 8.15. The molecule has 126 valence electrons. The summed E-state index contributed by atoms with van der Waals surface area (Å²) in [6.07, 6.45) is 7.62. The number of aromatic nitrogens is 4. The molecule has 0 amide bonds. The molecule has 0 spiro atoms. The summed E-state index contributed by atoms with van der Waals surface area (Å²) in [5.41, 5.74) is 7.59. The third-order valence-corrected chi connectivity index (χ3v) is 4.45. The maximum absolute atomic E-state index is 8.63. The molecule has 4 N–H and O–H groups in total. The monoisotopic (exact) mass is 326 g/mol. The second-order valence-corrected chi connectivity index (χ2v) is 6.06. The van der Waals surface area contributed by atoms with E-state index in [4.69, 9.17) is 11.0 Å². The molecule has 1 aliphatic rings. The van der Waals surface area contributed by atoms with E-state index in [1.54, 1.807) is 24.1 Å². The second kappa shape index (κ2) is 7.27. The molecule has 0 aromatic carbocycles. The van der Waals surface area contributed by atoms with Crippen LogP contribution in [0.2, 0.25) is 0 Å². The van der Waals surface area contributed by atoms with Gasteiger partial charge < -0.3 is 16.4 Å². The molecule has 0 atom stereocenters. The Kier molecular flexibility index (Phi) is 4.91. The van der Waals surface area contributed by atoms with Gasteiger partial charge in [-0.15, -0.1) is 0 Å². The third-order valence-electron chi connectivity index (χ3n) is 4.45. The Hall–Kier alpha value is -2.66. The Bertz CT molecular complexity index is 724. The van der Waals surface area contributed by atoms with Crippen LogP contribution in [-0.4, -0.2) is 38.4 Å². The maximum atomic E-state index is 8.63. The summed E-state index contributed by atoms with van der Waals surface area (Å²) in [5, 5.41) is 19.4. The normalized spacial score (nSPS) is 20.5. The van der Waals surface area contributed by atoms with E-state index >= 15 is 0 Å². The van der Waals surface area contributed by atoms with Crippen molar-refractivity contribution in [2.75, 3.05) is 17.6 Å². The summed E-state index contributed by atoms with van der Waals surface area (Å²) < 4.78 is 1.63. The van der Waals surface area contributed by atoms with E-state index in [2.05, 4.69) is 31.8 Å². The lowest BCUT2D eigenvalue weighted by atomic mass is 9.91. The van der Waals surface area contributed by atoms with Gasteiger partial charge in [0.15, 0.2) is 0 Å². The van der Waals surface area contributed by atoms with E-state index in [1.807, 2.05) is 6.07 Å². The molecule has 0 bridgehead atoms. The molecule has 0 unspecified atom stereocenters. The fraction of sp³-hybridized carbons (Fsp3) is 0.500. The van der Waals surface area contributed by atoms with Crippen LogP contribution in [0.15, 0.2) is 18.5 Å². The van der Waals surface area contributed by atoms with E-state index in [9.17, 15) is 0 Å². The highest BCUT2D eigenvalue weighted by Gasteiger charge is 2.21. The molecule has 0 radical (unpaired) electrons. The van der Waals surface area contributed by atoms with Crippen LogP contribution in [0.4, 0.5) is 11.8 Å². The zero-order valence-electron chi connectivity index (χ0n) is 13.7. The van der Waals surface area contributed by atoms with E-state index in [1.165, 1.54) is 0 Å². The summed E-state index contributed by atoms with van der Waals surface area (Å²) in [6, 6.07) is 4.75. The highest BCUT2D eigenvalue weighted by molar-refractivity contribution is 5.70. The molecular weight excluding hydrogens is 304 g/mol. The van der Waals surface area contributed by atoms with Gasteiger partial charge >= 0.3 is 0 Å². The van der Waals surface area contributed by atoms with Crippen LogP contribution in [-0.2, 0) is 7.05 Å². The van der Waals surface area contributed by atoms with Gasteiger partial charge in [0.1, 0.15) is 5.82 Å². The van der Waals surface area contributed by atoms with Crippen LogP contribution < -0.4 is 16.4 Å². The van der Waals surface area contributed by atoms with E-state index in [0.717, 1.165) is 36.9 Å². The van der Waals surface area contributed by atoms with Crippen molar-refractivity contribution in [3.63, 3.8) is 0 Å². The fourth-order valence-corrected chi connectivity index (χ4v) is 3.04. The van der Waals surface area contributed by atoms with Crippen molar-refractivity contribution in [2.24, 2.45) is 7.05 Å². The fourth-order valence-electron chi connectivity index (χ4n) is 3.04. The highest BCUT2D eigenvalue weighted by atomic mass is 15.3. The molecule has 0 aliphatic heterocycles. The van der Waals surface area contributed by atoms with Gasteiger partial charge in [-0.3, -0.25) is 4.68 Å². The maximum Gasteiger partial charge on any atom is 0.223 e. The molecule has 2 aromatic heterocycles. The minimum Gasteiger partial charge on any atom is -0.383 e. The third kappa shape index (κ3) is 3.63. The Morgan fingerprint density at radius 3 is 2.75 bits per heavy atom. The van der Waals surface area contributed by atoms with Crippen molar-refractivity contribution in [2.45, 2.75) is 37.8 Å². The Labute approximate surface area is 141 Å². The first kappa shape index (κ1) is 16.2. The molecule has 1 fully saturated rings. The number of nitrogens with zero attached hydrogens (tertiary/aromatic N) is 5. The average molecular weight is 326 g/mol. The van der Waals surface area contributed by atoms with Crippen molar-refractivity contribution < 1.29 is 0 Å². The molecule has 24 heavy (non-hydrogen) atoms. The van der Waals surface area contributed by atoms with Crippen molar-refractivity contribution in [1.29, 1.82) is 5.26 Å². The number of nitriles is 1. The minimum absolute atomic E-state index is 0.353. The number of nitrogens with two attached hydrogens (primary N) is 1. The number of hydrogen-bond acceptors (Lipinski definition) is 7. The first-order chi connectivity index (χ1) is 11.7. The van der Waals surface area contributed by atoms with Gasteiger partial charge in [-0.1, -0.05) is 0 Å². The summed E-state index contributed by atoms with van der Waals surface area (Å²) >= 11 is 0. The lowest BCUT2D eigenvalue weighted by Crippen LogP contribution is -2.37. The predicted octanol–water partition coefficient (Wildman–Crippen LogP) is 1.30. The Balaban J connectivity index is 1.62. The number of aryl methyl sites for hydroxylation is 1. The molecule has 8 heteroatoms. The van der Waals surface area contributed by atoms with Gasteiger partial charge in [-0.25, -0.2) is 9.97 Å². The largest absolute Gasteiger partial charge is 0.383 e. The number of hydrogen-bond donors (Lipinski definition) is 3. The number of nitrogens with one attached hydrogen (secondary N) is 2. The average Bonchev–Trinajstić information content (AvgIpc) is 2.94. The van der Waals surface area contributed by atoms with Crippen LogP contribution in [0.3, 0.4) is 0 Å². The molecule has 1 saturated carbocycles. The quantitative estimate of drug-likeness (QED) is 0.709. The van der Waals surface area contributed by atoms with Gasteiger partial charge in [0.25, 0.3) is 0 Å². The van der Waals surface area contributed by atoms with Crippen LogP contribution in [0.5, 0.6) is 0 Å². The van der Waals surface area contributed by atoms with Gasteiger partial charge in [-0.2, -0.15) is 10.4 Å². The van der Waals surface area contributed by atoms with Gasteiger partial charge in [0.05, 0.1) is 30.1 Å². The smallest absolute Gasteiger partial charge is 0.223 e. The minimum atomic E-state index is 0.353. The number of rotatable bonds is 5. The number of nitrogen functional groups attached to an aromatic ring is 1. The Morgan fingerprint density at radius 2 is 2.08 bits per heavy atom. The summed E-state index contributed by atoms with van der Waals surface area (Å²) in [6.45, 7) is 0.417. The highest BCUT2D eigenvalue weighted by Crippen LogP contribution is 2.25. The van der Waals surface area contributed by atoms with Crippen LogP contribution in [0.1, 0.15) is 25.7 Å². The number of anilines is 2. The van der Waals surface area contributed by atoms with Crippen molar-refractivity contribution in [3.8, 4) is 17.3 Å². The summed E-state index contributed by atoms with van der Waals surface area (Å²) in [4.78, 5) is 8.88. The lowest BCUT2D eigenvalue weighted by Gasteiger charge is -2.29. The van der Waals surface area contributed by atoms with Crippen LogP contribution in [0.25, 0.3) is 11.3 Å². The standard InChI is InChI=1S/C16H22N8/c1-24-15(18)13(10-21-24)14-6-8-20-16(23-14)22-12-4-2-11(3-5-12)19-9-7-17/h6,8,10-12,19H,2-5,9,18H2,1H3,(H,20,22,23)/t11-,12-. The zero-order chi connectivity index (χ0) is 16.9. The molecule has 2 aromatic rings. The summed E-state index contributed by atoms with van der Waals surface area (Å²) in [5.74, 6) is 1.20. The molecule has 1 aliphatic carbocycles. The Morgan fingerprint density at radius 1 is 1.33 bits per heavy atom. The van der Waals surface area contributed by atoms with Crippen LogP contribution >= 0.6 is 0 Å². The molecule has 0 saturated heterocycles. The zero-order valence-corrected chi connectivity index (χ0v) is 13.7. The van der Waals surface area contributed by atoms with Crippen molar-refractivity contribution in [3.05, 3.63) is 18.5 Å². The van der Waals surface area contributed by atoms with E-state index in [-0.39, 0.29) is 0 Å². The predicted molar refractivity (Wildman–Crippen MR) is 91.9 cm³/mol. The molecule has 3 rings (SSSR count). The van der Waals surface area contributed by atoms with Crippen molar-refractivity contribution >= 4 is 11.8 Å². The van der Waals surface area contributed by atoms with Crippen molar-refractivity contribution in [1.82, 2.24) is 25.1 Å². The van der Waals surface area contributed by atoms with Gasteiger partial charge in [-0.05, 0) is 31.7 Å². The van der Waals surface area contributed by atoms with Crippen LogP contribution in [0, 0.1) is 11.3 Å². The lowest BCUT2D eigenvalue weighted by molar-refractivity contribution is 0.363. The molecule has 2 heterocycles. The molecule has 8 nitrogen and oxygen atoms in total. The van der Waals surface area contributed by atoms with Gasteiger partial charge in [0, 0.05) is 25.3 Å². The van der Waals surface area contributed by atoms with Gasteiger partial charge in [0.2, 0.25) is 5.95 Å². The van der Waals surface area contributed by atoms with E-state index in [0.29, 0.717) is 30.4 Å².